The van der Waals surface area contributed by atoms with Crippen LogP contribution in [0.15, 0.2) is 42.5 Å². The van der Waals surface area contributed by atoms with E-state index in [2.05, 4.69) is 4.98 Å². The molecule has 3 aromatic rings. The molecule has 0 fully saturated rings. The lowest BCUT2D eigenvalue weighted by Gasteiger charge is -2.22. The summed E-state index contributed by atoms with van der Waals surface area (Å²) in [7, 11) is 3.86. The van der Waals surface area contributed by atoms with Crippen LogP contribution in [0.4, 0.5) is 9.52 Å². The van der Waals surface area contributed by atoms with Gasteiger partial charge in [0.1, 0.15) is 22.8 Å². The maximum Gasteiger partial charge on any atom is 0.266 e. The quantitative estimate of drug-likeness (QED) is 0.485. The van der Waals surface area contributed by atoms with Crippen molar-refractivity contribution in [2.24, 2.45) is 0 Å². The van der Waals surface area contributed by atoms with Crippen LogP contribution in [0.3, 0.4) is 0 Å². The molecule has 0 aliphatic heterocycles. The number of benzene rings is 2. The fourth-order valence-corrected chi connectivity index (χ4v) is 3.69. The first-order valence-electron chi connectivity index (χ1n) is 9.33. The predicted molar refractivity (Wildman–Crippen MR) is 121 cm³/mol. The number of thiazole rings is 1. The highest BCUT2D eigenvalue weighted by atomic mass is 35.5. The van der Waals surface area contributed by atoms with Crippen molar-refractivity contribution in [1.82, 2.24) is 9.88 Å². The number of rotatable bonds is 9. The zero-order valence-corrected chi connectivity index (χ0v) is 18.8. The van der Waals surface area contributed by atoms with Crippen molar-refractivity contribution in [3.8, 4) is 11.5 Å². The molecule has 3 rings (SSSR count). The van der Waals surface area contributed by atoms with Crippen LogP contribution in [0.25, 0.3) is 10.2 Å². The van der Waals surface area contributed by atoms with Crippen LogP contribution in [0.5, 0.6) is 11.5 Å². The van der Waals surface area contributed by atoms with Gasteiger partial charge in [0.05, 0.1) is 11.3 Å². The van der Waals surface area contributed by atoms with Crippen LogP contribution in [0, 0.1) is 5.82 Å². The summed E-state index contributed by atoms with van der Waals surface area (Å²) in [5, 5.41) is 0.465. The van der Waals surface area contributed by atoms with Crippen molar-refractivity contribution < 1.29 is 18.7 Å². The molecular formula is C21H25ClFN3O3S. The topological polar surface area (TPSA) is 54.9 Å². The summed E-state index contributed by atoms with van der Waals surface area (Å²) in [5.41, 5.74) is 0.280. The van der Waals surface area contributed by atoms with E-state index >= 15 is 0 Å². The van der Waals surface area contributed by atoms with Crippen LogP contribution in [0.2, 0.25) is 0 Å². The molecule has 30 heavy (non-hydrogen) atoms. The normalized spacial score (nSPS) is 10.7. The summed E-state index contributed by atoms with van der Waals surface area (Å²) in [4.78, 5) is 20.8. The molecular weight excluding hydrogens is 429 g/mol. The van der Waals surface area contributed by atoms with E-state index in [9.17, 15) is 9.18 Å². The number of hydrogen-bond donors (Lipinski definition) is 0. The minimum atomic E-state index is -0.393. The van der Waals surface area contributed by atoms with Gasteiger partial charge in [0, 0.05) is 13.1 Å². The molecule has 0 spiro atoms. The lowest BCUT2D eigenvalue weighted by atomic mass is 10.3. The lowest BCUT2D eigenvalue weighted by molar-refractivity contribution is -0.120. The van der Waals surface area contributed by atoms with Gasteiger partial charge in [0.2, 0.25) is 0 Å². The third kappa shape index (κ3) is 6.04. The number of ether oxygens (including phenoxy) is 2. The summed E-state index contributed by atoms with van der Waals surface area (Å²) < 4.78 is 25.8. The van der Waals surface area contributed by atoms with Crippen molar-refractivity contribution in [2.75, 3.05) is 45.3 Å². The number of amides is 1. The first kappa shape index (κ1) is 23.9. The Kier molecular flexibility index (Phi) is 8.83. The minimum Gasteiger partial charge on any atom is -0.494 e. The van der Waals surface area contributed by atoms with Gasteiger partial charge in [0.15, 0.2) is 11.7 Å². The first-order valence-corrected chi connectivity index (χ1v) is 10.2. The molecule has 1 heterocycles. The molecule has 0 aliphatic rings. The van der Waals surface area contributed by atoms with Crippen molar-refractivity contribution in [3.05, 3.63) is 48.3 Å². The van der Waals surface area contributed by atoms with E-state index < -0.39 is 5.82 Å². The zero-order valence-electron chi connectivity index (χ0n) is 17.1. The smallest absolute Gasteiger partial charge is 0.266 e. The monoisotopic (exact) mass is 453 g/mol. The second-order valence-electron chi connectivity index (χ2n) is 6.62. The van der Waals surface area contributed by atoms with Gasteiger partial charge in [-0.3, -0.25) is 9.69 Å². The van der Waals surface area contributed by atoms with Gasteiger partial charge >= 0.3 is 0 Å². The van der Waals surface area contributed by atoms with E-state index in [0.29, 0.717) is 35.3 Å². The van der Waals surface area contributed by atoms with Crippen LogP contribution >= 0.6 is 23.7 Å². The van der Waals surface area contributed by atoms with Crippen LogP contribution in [-0.4, -0.2) is 56.2 Å². The second kappa shape index (κ2) is 11.1. The van der Waals surface area contributed by atoms with Crippen molar-refractivity contribution in [2.45, 2.75) is 6.92 Å². The number of nitrogens with zero attached hydrogens (tertiary/aromatic N) is 3. The summed E-state index contributed by atoms with van der Waals surface area (Å²) in [6.07, 6.45) is 0. The Balaban J connectivity index is 0.00000320. The summed E-state index contributed by atoms with van der Waals surface area (Å²) >= 11 is 1.29. The highest BCUT2D eigenvalue weighted by molar-refractivity contribution is 7.22. The molecule has 0 aliphatic carbocycles. The molecule has 2 aromatic carbocycles. The van der Waals surface area contributed by atoms with Gasteiger partial charge in [-0.15, -0.1) is 12.4 Å². The molecule has 0 saturated heterocycles. The number of carbonyl (C=O) groups excluding carboxylic acids is 1. The predicted octanol–water partition coefficient (Wildman–Crippen LogP) is 4.23. The molecule has 0 N–H and O–H groups in total. The summed E-state index contributed by atoms with van der Waals surface area (Å²) in [6, 6.07) is 11.9. The SMILES string of the molecule is CCOc1ccc(OCC(=O)N(CCN(C)C)c2nc3c(F)cccc3s2)cc1.Cl. The Labute approximate surface area is 185 Å². The highest BCUT2D eigenvalue weighted by Crippen LogP contribution is 2.30. The highest BCUT2D eigenvalue weighted by Gasteiger charge is 2.21. The minimum absolute atomic E-state index is 0. The third-order valence-corrected chi connectivity index (χ3v) is 5.20. The Hall–Kier alpha value is -2.42. The zero-order chi connectivity index (χ0) is 20.8. The van der Waals surface area contributed by atoms with Gasteiger partial charge in [0.25, 0.3) is 5.91 Å². The number of carbonyl (C=O) groups is 1. The molecule has 9 heteroatoms. The molecule has 0 unspecified atom stereocenters. The maximum absolute atomic E-state index is 14.0. The van der Waals surface area contributed by atoms with Crippen LogP contribution in [-0.2, 0) is 4.79 Å². The van der Waals surface area contributed by atoms with Gasteiger partial charge in [-0.25, -0.2) is 9.37 Å². The van der Waals surface area contributed by atoms with Gasteiger partial charge in [-0.2, -0.15) is 0 Å². The number of anilines is 1. The first-order chi connectivity index (χ1) is 14.0. The lowest BCUT2D eigenvalue weighted by Crippen LogP contribution is -2.39. The van der Waals surface area contributed by atoms with E-state index in [1.807, 2.05) is 25.9 Å². The van der Waals surface area contributed by atoms with E-state index in [-0.39, 0.29) is 30.4 Å². The van der Waals surface area contributed by atoms with Crippen molar-refractivity contribution >= 4 is 45.0 Å². The van der Waals surface area contributed by atoms with E-state index in [1.165, 1.54) is 17.4 Å². The van der Waals surface area contributed by atoms with E-state index in [1.54, 1.807) is 41.3 Å². The number of fused-ring (bicyclic) bond motifs is 1. The molecule has 0 radical (unpaired) electrons. The van der Waals surface area contributed by atoms with E-state index in [4.69, 9.17) is 9.47 Å². The Morgan fingerprint density at radius 3 is 2.33 bits per heavy atom. The average molecular weight is 454 g/mol. The Morgan fingerprint density at radius 1 is 1.07 bits per heavy atom. The molecule has 0 bridgehead atoms. The average Bonchev–Trinajstić information content (AvgIpc) is 3.13. The maximum atomic E-state index is 14.0. The second-order valence-corrected chi connectivity index (χ2v) is 7.63. The molecule has 162 valence electrons. The molecule has 1 amide bonds. The number of aromatic nitrogens is 1. The molecule has 0 saturated carbocycles. The third-order valence-electron chi connectivity index (χ3n) is 4.16. The standard InChI is InChI=1S/C21H24FN3O3S.ClH/c1-4-27-15-8-10-16(11-9-15)28-14-19(26)25(13-12-24(2)3)21-23-20-17(22)6-5-7-18(20)29-21;/h5-11H,4,12-14H2,1-3H3;1H. The van der Waals surface area contributed by atoms with Crippen molar-refractivity contribution in [3.63, 3.8) is 0 Å². The number of halogens is 2. The largest absolute Gasteiger partial charge is 0.494 e. The van der Waals surface area contributed by atoms with Gasteiger partial charge in [-0.05, 0) is 57.4 Å². The molecule has 1 aromatic heterocycles. The van der Waals surface area contributed by atoms with Crippen molar-refractivity contribution in [1.29, 1.82) is 0 Å². The van der Waals surface area contributed by atoms with Gasteiger partial charge < -0.3 is 14.4 Å². The molecule has 0 atom stereocenters. The van der Waals surface area contributed by atoms with Gasteiger partial charge in [-0.1, -0.05) is 17.4 Å². The molecule has 6 nitrogen and oxygen atoms in total. The number of likely N-dealkylation sites (N-methyl/N-ethyl adjacent to an activating group) is 1. The van der Waals surface area contributed by atoms with Crippen LogP contribution < -0.4 is 14.4 Å². The summed E-state index contributed by atoms with van der Waals surface area (Å²) in [5.74, 6) is 0.691. The van der Waals surface area contributed by atoms with Crippen LogP contribution in [0.1, 0.15) is 6.92 Å². The fourth-order valence-electron chi connectivity index (χ4n) is 2.67. The Morgan fingerprint density at radius 2 is 1.73 bits per heavy atom. The number of para-hydroxylation sites is 1. The van der Waals surface area contributed by atoms with E-state index in [0.717, 1.165) is 5.75 Å². The number of hydrogen-bond acceptors (Lipinski definition) is 6. The summed E-state index contributed by atoms with van der Waals surface area (Å²) in [6.45, 7) is 3.44. The Bertz CT molecular complexity index is 966. The fraction of sp³-hybridized carbons (Fsp3) is 0.333.